The summed E-state index contributed by atoms with van der Waals surface area (Å²) in [5.41, 5.74) is 11.8. The molecule has 2 atom stereocenters. The molecular formula is C24H21N9O2. The third kappa shape index (κ3) is 4.38. The van der Waals surface area contributed by atoms with Crippen LogP contribution in [0.4, 0.5) is 5.82 Å². The molecule has 11 nitrogen and oxygen atoms in total. The lowest BCUT2D eigenvalue weighted by molar-refractivity contribution is 0.198. The maximum atomic E-state index is 9.55. The fourth-order valence-corrected chi connectivity index (χ4v) is 4.19. The number of hydrogen-bond acceptors (Lipinski definition) is 8. The normalized spacial score (nSPS) is 17.1. The molecule has 0 aliphatic carbocycles. The average molecular weight is 467 g/mol. The Morgan fingerprint density at radius 2 is 2.14 bits per heavy atom. The molecule has 1 aliphatic rings. The molecule has 0 saturated carbocycles. The smallest absolute Gasteiger partial charge is 0.213 e. The van der Waals surface area contributed by atoms with Gasteiger partial charge in [-0.3, -0.25) is 0 Å². The van der Waals surface area contributed by atoms with Crippen LogP contribution in [0.15, 0.2) is 66.3 Å². The molecule has 5 rings (SSSR count). The van der Waals surface area contributed by atoms with E-state index in [4.69, 9.17) is 15.0 Å². The lowest BCUT2D eigenvalue weighted by atomic mass is 10.1. The predicted octanol–water partition coefficient (Wildman–Crippen LogP) is 4.01. The molecule has 0 bridgehead atoms. The quantitative estimate of drug-likeness (QED) is 0.227. The zero-order chi connectivity index (χ0) is 24.2. The largest absolute Gasteiger partial charge is 0.492 e. The molecule has 0 unspecified atom stereocenters. The summed E-state index contributed by atoms with van der Waals surface area (Å²) in [7, 11) is 0. The number of anilines is 1. The topological polar surface area (TPSA) is 137 Å². The van der Waals surface area contributed by atoms with E-state index in [1.807, 2.05) is 42.2 Å². The van der Waals surface area contributed by atoms with Gasteiger partial charge in [0.05, 0.1) is 42.7 Å². The Labute approximate surface area is 200 Å². The summed E-state index contributed by atoms with van der Waals surface area (Å²) in [5, 5.41) is 17.8. The summed E-state index contributed by atoms with van der Waals surface area (Å²) in [6.07, 6.45) is 6.35. The van der Waals surface area contributed by atoms with Gasteiger partial charge in [-0.2, -0.15) is 10.4 Å². The maximum Gasteiger partial charge on any atom is 0.213 e. The molecular weight excluding hydrogens is 446 g/mol. The van der Waals surface area contributed by atoms with Crippen LogP contribution in [0.2, 0.25) is 0 Å². The molecule has 35 heavy (non-hydrogen) atoms. The van der Waals surface area contributed by atoms with Crippen molar-refractivity contribution in [3.8, 4) is 28.8 Å². The fourth-order valence-electron chi connectivity index (χ4n) is 4.19. The number of nitriles is 1. The van der Waals surface area contributed by atoms with E-state index in [-0.39, 0.29) is 12.1 Å². The van der Waals surface area contributed by atoms with Crippen molar-refractivity contribution in [1.29, 1.82) is 5.26 Å². The lowest BCUT2D eigenvalue weighted by Crippen LogP contribution is -2.29. The van der Waals surface area contributed by atoms with Gasteiger partial charge in [0.25, 0.3) is 0 Å². The summed E-state index contributed by atoms with van der Waals surface area (Å²) >= 11 is 0. The van der Waals surface area contributed by atoms with Crippen LogP contribution in [0, 0.1) is 11.3 Å². The number of hydrogen-bond donors (Lipinski definition) is 0. The molecule has 174 valence electrons. The summed E-state index contributed by atoms with van der Waals surface area (Å²) in [6, 6.07) is 13.0. The van der Waals surface area contributed by atoms with Gasteiger partial charge in [0.2, 0.25) is 5.88 Å². The number of nitrogens with zero attached hydrogens (tertiary/aromatic N) is 9. The SMILES string of the molecule is CCOc1cc(-c2ccc(N3C[C@H](N=[N+]=[N-])[C@H](Oc4ccccn4)C3)nc2)c2c(C#N)cnn2c1. The van der Waals surface area contributed by atoms with Crippen molar-refractivity contribution >= 4 is 11.3 Å². The second kappa shape index (κ2) is 9.59. The molecule has 1 aliphatic heterocycles. The van der Waals surface area contributed by atoms with E-state index in [1.165, 1.54) is 6.20 Å². The van der Waals surface area contributed by atoms with Gasteiger partial charge in [-0.1, -0.05) is 11.2 Å². The van der Waals surface area contributed by atoms with Gasteiger partial charge in [-0.25, -0.2) is 14.5 Å². The van der Waals surface area contributed by atoms with Crippen molar-refractivity contribution in [2.75, 3.05) is 24.6 Å². The number of ether oxygens (including phenoxy) is 2. The molecule has 4 aromatic heterocycles. The second-order valence-corrected chi connectivity index (χ2v) is 7.89. The van der Waals surface area contributed by atoms with Crippen molar-refractivity contribution < 1.29 is 9.47 Å². The van der Waals surface area contributed by atoms with Crippen LogP contribution in [0.25, 0.3) is 27.1 Å². The minimum Gasteiger partial charge on any atom is -0.492 e. The first-order chi connectivity index (χ1) is 17.2. The summed E-state index contributed by atoms with van der Waals surface area (Å²) in [5.74, 6) is 1.86. The molecule has 1 fully saturated rings. The molecule has 1 saturated heterocycles. The van der Waals surface area contributed by atoms with Crippen LogP contribution < -0.4 is 14.4 Å². The third-order valence-electron chi connectivity index (χ3n) is 5.75. The highest BCUT2D eigenvalue weighted by molar-refractivity contribution is 5.85. The van der Waals surface area contributed by atoms with Gasteiger partial charge in [0.15, 0.2) is 0 Å². The minimum atomic E-state index is -0.379. The highest BCUT2D eigenvalue weighted by Gasteiger charge is 2.35. The molecule has 0 aromatic carbocycles. The maximum absolute atomic E-state index is 9.55. The Morgan fingerprint density at radius 1 is 1.23 bits per heavy atom. The Balaban J connectivity index is 1.43. The second-order valence-electron chi connectivity index (χ2n) is 7.89. The third-order valence-corrected chi connectivity index (χ3v) is 5.75. The van der Waals surface area contributed by atoms with Crippen molar-refractivity contribution in [2.24, 2.45) is 5.11 Å². The monoisotopic (exact) mass is 467 g/mol. The molecule has 11 heteroatoms. The molecule has 4 aromatic rings. The van der Waals surface area contributed by atoms with Gasteiger partial charge in [-0.15, -0.1) is 0 Å². The number of pyridine rings is 3. The van der Waals surface area contributed by atoms with Gasteiger partial charge < -0.3 is 14.4 Å². The van der Waals surface area contributed by atoms with Crippen molar-refractivity contribution in [3.05, 3.63) is 77.2 Å². The van der Waals surface area contributed by atoms with Crippen LogP contribution in [-0.4, -0.2) is 51.4 Å². The van der Waals surface area contributed by atoms with Crippen molar-refractivity contribution in [1.82, 2.24) is 19.6 Å². The first-order valence-electron chi connectivity index (χ1n) is 11.1. The van der Waals surface area contributed by atoms with Gasteiger partial charge in [0.1, 0.15) is 23.7 Å². The van der Waals surface area contributed by atoms with E-state index in [2.05, 4.69) is 31.2 Å². The van der Waals surface area contributed by atoms with E-state index < -0.39 is 0 Å². The Bertz CT molecular complexity index is 1420. The lowest BCUT2D eigenvalue weighted by Gasteiger charge is -2.18. The van der Waals surface area contributed by atoms with E-state index in [0.29, 0.717) is 42.4 Å². The summed E-state index contributed by atoms with van der Waals surface area (Å²) < 4.78 is 13.3. The van der Waals surface area contributed by atoms with Crippen LogP contribution in [0.3, 0.4) is 0 Å². The highest BCUT2D eigenvalue weighted by atomic mass is 16.5. The van der Waals surface area contributed by atoms with Crippen molar-refractivity contribution in [3.63, 3.8) is 0 Å². The number of azide groups is 1. The first-order valence-corrected chi connectivity index (χ1v) is 11.1. The number of fused-ring (bicyclic) bond motifs is 1. The molecule has 0 radical (unpaired) electrons. The standard InChI is InChI=1S/C24H21N9O2/c1-2-34-18-9-19(24-17(10-25)12-29-33(24)13-18)16-6-7-22(28-11-16)32-14-20(30-31-26)21(15-32)35-23-5-3-4-8-27-23/h3-9,11-13,20-21H,2,14-15H2,1H3/t20-,21+/m0/s1. The molecule has 0 amide bonds. The van der Waals surface area contributed by atoms with E-state index in [0.717, 1.165) is 16.9 Å². The Hall–Kier alpha value is -4.81. The number of rotatable bonds is 7. The van der Waals surface area contributed by atoms with E-state index >= 15 is 0 Å². The first kappa shape index (κ1) is 22.0. The highest BCUT2D eigenvalue weighted by Crippen LogP contribution is 2.32. The van der Waals surface area contributed by atoms with Crippen LogP contribution in [-0.2, 0) is 0 Å². The van der Waals surface area contributed by atoms with Crippen LogP contribution in [0.1, 0.15) is 12.5 Å². The predicted molar refractivity (Wildman–Crippen MR) is 128 cm³/mol. The van der Waals surface area contributed by atoms with E-state index in [1.54, 1.807) is 29.2 Å². The summed E-state index contributed by atoms with van der Waals surface area (Å²) in [4.78, 5) is 13.9. The van der Waals surface area contributed by atoms with Crippen LogP contribution in [0.5, 0.6) is 11.6 Å². The average Bonchev–Trinajstić information content (AvgIpc) is 3.49. The van der Waals surface area contributed by atoms with E-state index in [9.17, 15) is 5.26 Å². The fraction of sp³-hybridized carbons (Fsp3) is 0.250. The molecule has 0 N–H and O–H groups in total. The summed E-state index contributed by atoms with van der Waals surface area (Å²) in [6.45, 7) is 3.39. The minimum absolute atomic E-state index is 0.352. The van der Waals surface area contributed by atoms with Gasteiger partial charge in [0, 0.05) is 41.0 Å². The Morgan fingerprint density at radius 3 is 2.86 bits per heavy atom. The van der Waals surface area contributed by atoms with Gasteiger partial charge in [-0.05, 0) is 36.7 Å². The molecule has 0 spiro atoms. The number of aromatic nitrogens is 4. The molecule has 5 heterocycles. The Kier molecular flexibility index (Phi) is 6.03. The van der Waals surface area contributed by atoms with Gasteiger partial charge >= 0.3 is 0 Å². The zero-order valence-corrected chi connectivity index (χ0v) is 18.9. The zero-order valence-electron chi connectivity index (χ0n) is 18.9. The van der Waals surface area contributed by atoms with Crippen LogP contribution >= 0.6 is 0 Å². The van der Waals surface area contributed by atoms with Crippen molar-refractivity contribution in [2.45, 2.75) is 19.1 Å².